The van der Waals surface area contributed by atoms with E-state index in [-0.39, 0.29) is 18.2 Å². The minimum Gasteiger partial charge on any atom is -0.354 e. The van der Waals surface area contributed by atoms with Crippen molar-refractivity contribution in [3.05, 3.63) is 70.2 Å². The molecule has 0 aromatic heterocycles. The molecule has 2 amide bonds. The Morgan fingerprint density at radius 3 is 2.56 bits per heavy atom. The summed E-state index contributed by atoms with van der Waals surface area (Å²) in [6.45, 7) is 6.76. The number of carbonyl (C=O) groups is 2. The molecule has 0 aliphatic carbocycles. The zero-order chi connectivity index (χ0) is 19.8. The maximum Gasteiger partial charge on any atom is 0.242 e. The molecule has 2 rings (SSSR count). The first-order valence-electron chi connectivity index (χ1n) is 9.28. The summed E-state index contributed by atoms with van der Waals surface area (Å²) in [4.78, 5) is 27.2. The maximum absolute atomic E-state index is 13.1. The second kappa shape index (κ2) is 10.1. The average Bonchev–Trinajstić information content (AvgIpc) is 2.65. The number of hydrogen-bond acceptors (Lipinski definition) is 2. The molecule has 4 nitrogen and oxygen atoms in total. The van der Waals surface area contributed by atoms with Gasteiger partial charge in [0, 0.05) is 18.1 Å². The molecule has 0 spiro atoms. The van der Waals surface area contributed by atoms with Gasteiger partial charge in [0.15, 0.2) is 0 Å². The van der Waals surface area contributed by atoms with Crippen molar-refractivity contribution in [1.29, 1.82) is 0 Å². The average molecular weight is 387 g/mol. The van der Waals surface area contributed by atoms with Gasteiger partial charge in [-0.05, 0) is 37.5 Å². The van der Waals surface area contributed by atoms with Crippen LogP contribution in [0, 0.1) is 6.92 Å². The molecule has 0 saturated heterocycles. The van der Waals surface area contributed by atoms with Gasteiger partial charge in [-0.3, -0.25) is 9.59 Å². The van der Waals surface area contributed by atoms with Crippen LogP contribution in [0.1, 0.15) is 37.0 Å². The van der Waals surface area contributed by atoms with E-state index in [1.165, 1.54) is 0 Å². The van der Waals surface area contributed by atoms with E-state index in [1.807, 2.05) is 56.3 Å². The smallest absolute Gasteiger partial charge is 0.242 e. The van der Waals surface area contributed by atoms with E-state index in [9.17, 15) is 9.59 Å². The van der Waals surface area contributed by atoms with Crippen LogP contribution < -0.4 is 5.32 Å². The number of benzene rings is 2. The molecule has 5 heteroatoms. The number of rotatable bonds is 8. The Morgan fingerprint density at radius 1 is 1.15 bits per heavy atom. The largest absolute Gasteiger partial charge is 0.354 e. The lowest BCUT2D eigenvalue weighted by Crippen LogP contribution is -2.48. The van der Waals surface area contributed by atoms with Crippen molar-refractivity contribution in [2.45, 2.75) is 46.2 Å². The standard InChI is InChI=1S/C22H27ClN2O2/c1-4-12-24-22(27)17(3)25(15-18-9-7-8-16(2)13-18)21(26)14-19-10-5-6-11-20(19)23/h5-11,13,17H,4,12,14-15H2,1-3H3,(H,24,27). The second-order valence-electron chi connectivity index (χ2n) is 6.75. The Morgan fingerprint density at radius 2 is 1.89 bits per heavy atom. The Hall–Kier alpha value is -2.33. The molecule has 2 aromatic rings. The first-order valence-corrected chi connectivity index (χ1v) is 9.66. The van der Waals surface area contributed by atoms with E-state index >= 15 is 0 Å². The SMILES string of the molecule is CCCNC(=O)C(C)N(Cc1cccc(C)c1)C(=O)Cc1ccccc1Cl. The molecule has 0 radical (unpaired) electrons. The number of carbonyl (C=O) groups excluding carboxylic acids is 2. The molecule has 1 unspecified atom stereocenters. The number of nitrogens with zero attached hydrogens (tertiary/aromatic N) is 1. The van der Waals surface area contributed by atoms with Gasteiger partial charge in [0.05, 0.1) is 6.42 Å². The van der Waals surface area contributed by atoms with E-state index in [0.29, 0.717) is 18.1 Å². The van der Waals surface area contributed by atoms with Crippen molar-refractivity contribution >= 4 is 23.4 Å². The maximum atomic E-state index is 13.1. The third-order valence-corrected chi connectivity index (χ3v) is 4.82. The molecular formula is C22H27ClN2O2. The van der Waals surface area contributed by atoms with Crippen molar-refractivity contribution in [2.24, 2.45) is 0 Å². The van der Waals surface area contributed by atoms with Crippen LogP contribution in [-0.4, -0.2) is 29.3 Å². The highest BCUT2D eigenvalue weighted by atomic mass is 35.5. The molecule has 144 valence electrons. The lowest BCUT2D eigenvalue weighted by Gasteiger charge is -2.29. The molecule has 0 aliphatic heterocycles. The fourth-order valence-corrected chi connectivity index (χ4v) is 3.09. The lowest BCUT2D eigenvalue weighted by molar-refractivity contribution is -0.140. The monoisotopic (exact) mass is 386 g/mol. The van der Waals surface area contributed by atoms with E-state index in [0.717, 1.165) is 23.1 Å². The van der Waals surface area contributed by atoms with Crippen molar-refractivity contribution in [1.82, 2.24) is 10.2 Å². The molecule has 0 bridgehead atoms. The topological polar surface area (TPSA) is 49.4 Å². The minimum atomic E-state index is -0.563. The van der Waals surface area contributed by atoms with Crippen LogP contribution in [0.4, 0.5) is 0 Å². The van der Waals surface area contributed by atoms with Gasteiger partial charge < -0.3 is 10.2 Å². The number of aryl methyl sites for hydroxylation is 1. The Balaban J connectivity index is 2.23. The lowest BCUT2D eigenvalue weighted by atomic mass is 10.1. The van der Waals surface area contributed by atoms with Gasteiger partial charge in [-0.25, -0.2) is 0 Å². The van der Waals surface area contributed by atoms with Gasteiger partial charge in [-0.2, -0.15) is 0 Å². The zero-order valence-electron chi connectivity index (χ0n) is 16.2. The fraction of sp³-hybridized carbons (Fsp3) is 0.364. The van der Waals surface area contributed by atoms with Gasteiger partial charge in [-0.1, -0.05) is 66.6 Å². The summed E-state index contributed by atoms with van der Waals surface area (Å²) in [5.41, 5.74) is 2.88. The van der Waals surface area contributed by atoms with Crippen LogP contribution in [0.5, 0.6) is 0 Å². The summed E-state index contributed by atoms with van der Waals surface area (Å²) in [7, 11) is 0. The van der Waals surface area contributed by atoms with Crippen molar-refractivity contribution in [3.8, 4) is 0 Å². The normalized spacial score (nSPS) is 11.7. The van der Waals surface area contributed by atoms with Crippen molar-refractivity contribution < 1.29 is 9.59 Å². The quantitative estimate of drug-likeness (QED) is 0.741. The summed E-state index contributed by atoms with van der Waals surface area (Å²) in [6.07, 6.45) is 1.01. The fourth-order valence-electron chi connectivity index (χ4n) is 2.89. The predicted molar refractivity (Wildman–Crippen MR) is 110 cm³/mol. The number of nitrogens with one attached hydrogen (secondary N) is 1. The highest BCUT2D eigenvalue weighted by Crippen LogP contribution is 2.18. The molecule has 1 atom stereocenters. The summed E-state index contributed by atoms with van der Waals surface area (Å²) in [6, 6.07) is 14.7. The van der Waals surface area contributed by atoms with Gasteiger partial charge >= 0.3 is 0 Å². The van der Waals surface area contributed by atoms with Crippen LogP contribution in [0.2, 0.25) is 5.02 Å². The molecule has 0 saturated carbocycles. The van der Waals surface area contributed by atoms with E-state index in [1.54, 1.807) is 17.9 Å². The predicted octanol–water partition coefficient (Wildman–Crippen LogP) is 4.13. The Labute approximate surface area is 166 Å². The number of halogens is 1. The van der Waals surface area contributed by atoms with E-state index in [4.69, 9.17) is 11.6 Å². The van der Waals surface area contributed by atoms with Gasteiger partial charge in [0.1, 0.15) is 6.04 Å². The van der Waals surface area contributed by atoms with Gasteiger partial charge in [0.25, 0.3) is 0 Å². The molecule has 2 aromatic carbocycles. The first kappa shape index (κ1) is 21.0. The molecular weight excluding hydrogens is 360 g/mol. The molecule has 0 fully saturated rings. The van der Waals surface area contributed by atoms with Crippen molar-refractivity contribution in [3.63, 3.8) is 0 Å². The van der Waals surface area contributed by atoms with Gasteiger partial charge in [-0.15, -0.1) is 0 Å². The van der Waals surface area contributed by atoms with Crippen LogP contribution in [0.25, 0.3) is 0 Å². The highest BCUT2D eigenvalue weighted by Gasteiger charge is 2.26. The van der Waals surface area contributed by atoms with E-state index in [2.05, 4.69) is 5.32 Å². The number of amides is 2. The highest BCUT2D eigenvalue weighted by molar-refractivity contribution is 6.31. The summed E-state index contributed by atoms with van der Waals surface area (Å²) < 4.78 is 0. The van der Waals surface area contributed by atoms with Crippen LogP contribution in [0.15, 0.2) is 48.5 Å². The molecule has 27 heavy (non-hydrogen) atoms. The summed E-state index contributed by atoms with van der Waals surface area (Å²) in [5, 5.41) is 3.44. The second-order valence-corrected chi connectivity index (χ2v) is 7.15. The van der Waals surface area contributed by atoms with Crippen LogP contribution in [0.3, 0.4) is 0 Å². The zero-order valence-corrected chi connectivity index (χ0v) is 16.9. The third-order valence-electron chi connectivity index (χ3n) is 4.45. The van der Waals surface area contributed by atoms with Crippen LogP contribution in [-0.2, 0) is 22.6 Å². The molecule has 1 N–H and O–H groups in total. The first-order chi connectivity index (χ1) is 12.9. The van der Waals surface area contributed by atoms with Gasteiger partial charge in [0.2, 0.25) is 11.8 Å². The third kappa shape index (κ3) is 6.10. The molecule has 0 aliphatic rings. The van der Waals surface area contributed by atoms with E-state index < -0.39 is 6.04 Å². The van der Waals surface area contributed by atoms with Crippen molar-refractivity contribution in [2.75, 3.05) is 6.54 Å². The summed E-state index contributed by atoms with van der Waals surface area (Å²) >= 11 is 6.21. The Bertz CT molecular complexity index is 791. The number of hydrogen-bond donors (Lipinski definition) is 1. The minimum absolute atomic E-state index is 0.122. The summed E-state index contributed by atoms with van der Waals surface area (Å²) in [5.74, 6) is -0.263. The molecule has 0 heterocycles. The Kier molecular flexibility index (Phi) is 7.86. The van der Waals surface area contributed by atoms with Crippen LogP contribution >= 0.6 is 11.6 Å².